The van der Waals surface area contributed by atoms with Crippen LogP contribution in [0, 0.1) is 5.82 Å². The van der Waals surface area contributed by atoms with Crippen molar-refractivity contribution in [3.8, 4) is 0 Å². The number of rotatable bonds is 3. The molecule has 3 rings (SSSR count). The summed E-state index contributed by atoms with van der Waals surface area (Å²) in [5.41, 5.74) is 1.48. The summed E-state index contributed by atoms with van der Waals surface area (Å²) >= 11 is 0. The first-order valence-electron chi connectivity index (χ1n) is 7.43. The average molecular weight is 314 g/mol. The number of anilines is 1. The van der Waals surface area contributed by atoms with Gasteiger partial charge in [0.15, 0.2) is 17.2 Å². The van der Waals surface area contributed by atoms with E-state index in [9.17, 15) is 4.39 Å². The van der Waals surface area contributed by atoms with Gasteiger partial charge >= 0.3 is 0 Å². The van der Waals surface area contributed by atoms with Crippen molar-refractivity contribution < 1.29 is 8.91 Å². The largest absolute Gasteiger partial charge is 0.356 e. The molecule has 120 valence electrons. The van der Waals surface area contributed by atoms with E-state index in [-0.39, 0.29) is 11.2 Å². The van der Waals surface area contributed by atoms with Crippen LogP contribution in [0.3, 0.4) is 0 Å². The van der Waals surface area contributed by atoms with Gasteiger partial charge in [0.1, 0.15) is 12.0 Å². The SMILES string of the molecule is CN(Cc1noc2ccccc12)c1ncnc(C(C)(C)C)c1F. The maximum atomic E-state index is 14.8. The van der Waals surface area contributed by atoms with Gasteiger partial charge in [-0.05, 0) is 12.1 Å². The molecule has 23 heavy (non-hydrogen) atoms. The van der Waals surface area contributed by atoms with Gasteiger partial charge in [-0.3, -0.25) is 0 Å². The number of hydrogen-bond donors (Lipinski definition) is 0. The van der Waals surface area contributed by atoms with Crippen LogP contribution in [-0.2, 0) is 12.0 Å². The molecule has 2 heterocycles. The summed E-state index contributed by atoms with van der Waals surface area (Å²) in [6.45, 7) is 6.17. The summed E-state index contributed by atoms with van der Waals surface area (Å²) in [5.74, 6) is -0.132. The van der Waals surface area contributed by atoms with Gasteiger partial charge in [0.25, 0.3) is 0 Å². The highest BCUT2D eigenvalue weighted by Crippen LogP contribution is 2.28. The monoisotopic (exact) mass is 314 g/mol. The van der Waals surface area contributed by atoms with Crippen LogP contribution in [0.5, 0.6) is 0 Å². The molecular weight excluding hydrogens is 295 g/mol. The standard InChI is InChI=1S/C17H19FN4O/c1-17(2,3)15-14(18)16(20-10-19-15)22(4)9-12-11-7-5-6-8-13(11)23-21-12/h5-8,10H,9H2,1-4H3. The minimum absolute atomic E-state index is 0.261. The lowest BCUT2D eigenvalue weighted by molar-refractivity contribution is 0.445. The molecule has 0 spiro atoms. The summed E-state index contributed by atoms with van der Waals surface area (Å²) in [5, 5.41) is 5.00. The Bertz CT molecular complexity index is 838. The van der Waals surface area contributed by atoms with Crippen LogP contribution >= 0.6 is 0 Å². The van der Waals surface area contributed by atoms with Crippen molar-refractivity contribution in [1.82, 2.24) is 15.1 Å². The topological polar surface area (TPSA) is 55.1 Å². The molecule has 0 aliphatic heterocycles. The van der Waals surface area contributed by atoms with E-state index in [2.05, 4.69) is 15.1 Å². The molecule has 1 aromatic carbocycles. The van der Waals surface area contributed by atoms with Crippen LogP contribution in [-0.4, -0.2) is 22.2 Å². The van der Waals surface area contributed by atoms with E-state index in [0.29, 0.717) is 12.2 Å². The third kappa shape index (κ3) is 2.88. The smallest absolute Gasteiger partial charge is 0.187 e. The van der Waals surface area contributed by atoms with E-state index >= 15 is 0 Å². The van der Waals surface area contributed by atoms with E-state index in [1.807, 2.05) is 45.0 Å². The van der Waals surface area contributed by atoms with Crippen molar-refractivity contribution in [1.29, 1.82) is 0 Å². The van der Waals surface area contributed by atoms with E-state index < -0.39 is 5.82 Å². The maximum absolute atomic E-state index is 14.8. The van der Waals surface area contributed by atoms with Gasteiger partial charge in [0.05, 0.1) is 12.2 Å². The van der Waals surface area contributed by atoms with Gasteiger partial charge in [-0.15, -0.1) is 0 Å². The molecule has 6 heteroatoms. The van der Waals surface area contributed by atoms with E-state index in [4.69, 9.17) is 4.52 Å². The number of benzene rings is 1. The minimum atomic E-state index is -0.393. The molecule has 5 nitrogen and oxygen atoms in total. The number of fused-ring (bicyclic) bond motifs is 1. The molecule has 3 aromatic rings. The normalized spacial score (nSPS) is 11.9. The molecule has 2 aromatic heterocycles. The molecule has 0 aliphatic rings. The maximum Gasteiger partial charge on any atom is 0.187 e. The Morgan fingerprint density at radius 2 is 1.91 bits per heavy atom. The Hall–Kier alpha value is -2.50. The predicted molar refractivity (Wildman–Crippen MR) is 86.8 cm³/mol. The van der Waals surface area contributed by atoms with Gasteiger partial charge in [0, 0.05) is 17.8 Å². The van der Waals surface area contributed by atoms with Gasteiger partial charge < -0.3 is 9.42 Å². The zero-order valence-corrected chi connectivity index (χ0v) is 13.7. The quantitative estimate of drug-likeness (QED) is 0.738. The Balaban J connectivity index is 1.94. The Kier molecular flexibility index (Phi) is 3.75. The van der Waals surface area contributed by atoms with Crippen molar-refractivity contribution >= 4 is 16.8 Å². The molecule has 0 radical (unpaired) electrons. The Morgan fingerprint density at radius 3 is 2.65 bits per heavy atom. The number of para-hydroxylation sites is 1. The fraction of sp³-hybridized carbons (Fsp3) is 0.353. The summed E-state index contributed by atoms with van der Waals surface area (Å²) < 4.78 is 20.0. The van der Waals surface area contributed by atoms with Crippen LogP contribution in [0.4, 0.5) is 10.2 Å². The van der Waals surface area contributed by atoms with Gasteiger partial charge in [0.2, 0.25) is 0 Å². The van der Waals surface area contributed by atoms with Crippen molar-refractivity contribution in [2.75, 3.05) is 11.9 Å². The van der Waals surface area contributed by atoms with Crippen LogP contribution in [0.25, 0.3) is 11.0 Å². The predicted octanol–water partition coefficient (Wildman–Crippen LogP) is 3.69. The highest BCUT2D eigenvalue weighted by molar-refractivity contribution is 5.79. The third-order valence-corrected chi connectivity index (χ3v) is 3.68. The second-order valence-corrected chi connectivity index (χ2v) is 6.59. The highest BCUT2D eigenvalue weighted by Gasteiger charge is 2.25. The lowest BCUT2D eigenvalue weighted by Crippen LogP contribution is -2.23. The van der Waals surface area contributed by atoms with Crippen LogP contribution in [0.1, 0.15) is 32.2 Å². The number of halogens is 1. The van der Waals surface area contributed by atoms with E-state index in [1.165, 1.54) is 6.33 Å². The first kappa shape index (κ1) is 15.4. The second kappa shape index (κ2) is 5.61. The number of hydrogen-bond acceptors (Lipinski definition) is 5. The Labute approximate surface area is 134 Å². The van der Waals surface area contributed by atoms with Crippen LogP contribution in [0.15, 0.2) is 35.1 Å². The van der Waals surface area contributed by atoms with E-state index in [0.717, 1.165) is 16.7 Å². The van der Waals surface area contributed by atoms with Crippen molar-refractivity contribution in [3.05, 3.63) is 47.8 Å². The summed E-state index contributed by atoms with van der Waals surface area (Å²) in [6.07, 6.45) is 1.40. The molecule has 0 bridgehead atoms. The second-order valence-electron chi connectivity index (χ2n) is 6.59. The molecule has 0 fully saturated rings. The summed E-state index contributed by atoms with van der Waals surface area (Å²) in [6, 6.07) is 7.60. The minimum Gasteiger partial charge on any atom is -0.356 e. The molecule has 0 saturated carbocycles. The molecule has 0 amide bonds. The fourth-order valence-electron chi connectivity index (χ4n) is 2.50. The first-order valence-corrected chi connectivity index (χ1v) is 7.43. The van der Waals surface area contributed by atoms with E-state index in [1.54, 1.807) is 11.9 Å². The highest BCUT2D eigenvalue weighted by atomic mass is 19.1. The average Bonchev–Trinajstić information content (AvgIpc) is 2.89. The molecule has 0 saturated heterocycles. The van der Waals surface area contributed by atoms with Crippen LogP contribution in [0.2, 0.25) is 0 Å². The summed E-state index contributed by atoms with van der Waals surface area (Å²) in [7, 11) is 1.78. The van der Waals surface area contributed by atoms with Crippen molar-refractivity contribution in [3.63, 3.8) is 0 Å². The molecule has 0 atom stereocenters. The number of nitrogens with zero attached hydrogens (tertiary/aromatic N) is 4. The number of aromatic nitrogens is 3. The lowest BCUT2D eigenvalue weighted by Gasteiger charge is -2.22. The van der Waals surface area contributed by atoms with Crippen LogP contribution < -0.4 is 4.90 Å². The third-order valence-electron chi connectivity index (χ3n) is 3.68. The Morgan fingerprint density at radius 1 is 1.17 bits per heavy atom. The zero-order valence-electron chi connectivity index (χ0n) is 13.7. The van der Waals surface area contributed by atoms with Crippen molar-refractivity contribution in [2.24, 2.45) is 0 Å². The van der Waals surface area contributed by atoms with Gasteiger partial charge in [-0.25, -0.2) is 14.4 Å². The summed E-state index contributed by atoms with van der Waals surface area (Å²) in [4.78, 5) is 9.91. The zero-order chi connectivity index (χ0) is 16.6. The molecule has 0 unspecified atom stereocenters. The lowest BCUT2D eigenvalue weighted by atomic mass is 9.91. The first-order chi connectivity index (χ1) is 10.9. The van der Waals surface area contributed by atoms with Gasteiger partial charge in [-0.2, -0.15) is 0 Å². The molecular formula is C17H19FN4O. The van der Waals surface area contributed by atoms with Crippen molar-refractivity contribution in [2.45, 2.75) is 32.7 Å². The fourth-order valence-corrected chi connectivity index (χ4v) is 2.50. The molecule has 0 aliphatic carbocycles. The van der Waals surface area contributed by atoms with Gasteiger partial charge in [-0.1, -0.05) is 38.1 Å². The molecule has 0 N–H and O–H groups in total.